The summed E-state index contributed by atoms with van der Waals surface area (Å²) in [6, 6.07) is 3.63. The molecule has 114 valence electrons. The van der Waals surface area contributed by atoms with Gasteiger partial charge in [0.05, 0.1) is 6.10 Å². The molecule has 6 nitrogen and oxygen atoms in total. The van der Waals surface area contributed by atoms with Crippen molar-refractivity contribution in [2.45, 2.75) is 12.5 Å². The largest absolute Gasteiger partial charge is 0.391 e. The van der Waals surface area contributed by atoms with E-state index in [2.05, 4.69) is 21.8 Å². The molecule has 0 bridgehead atoms. The number of amides is 1. The van der Waals surface area contributed by atoms with Crippen molar-refractivity contribution in [1.82, 2.24) is 14.8 Å². The third kappa shape index (κ3) is 3.16. The molecule has 0 saturated carbocycles. The molecule has 21 heavy (non-hydrogen) atoms. The van der Waals surface area contributed by atoms with Crippen LogP contribution in [0.25, 0.3) is 0 Å². The zero-order chi connectivity index (χ0) is 14.8. The third-order valence-corrected chi connectivity index (χ3v) is 4.27. The lowest BCUT2D eigenvalue weighted by molar-refractivity contribution is 0.0765. The maximum Gasteiger partial charge on any atom is 0.254 e. The van der Waals surface area contributed by atoms with Crippen molar-refractivity contribution in [2.75, 3.05) is 51.2 Å². The molecule has 0 aliphatic carbocycles. The minimum Gasteiger partial charge on any atom is -0.391 e. The van der Waals surface area contributed by atoms with Gasteiger partial charge in [0.2, 0.25) is 0 Å². The van der Waals surface area contributed by atoms with Crippen LogP contribution in [0.2, 0.25) is 0 Å². The molecule has 6 heteroatoms. The minimum atomic E-state index is -0.382. The van der Waals surface area contributed by atoms with Gasteiger partial charge in [-0.2, -0.15) is 0 Å². The number of likely N-dealkylation sites (N-methyl/N-ethyl adjacent to an activating group) is 1. The van der Waals surface area contributed by atoms with E-state index in [-0.39, 0.29) is 12.0 Å². The summed E-state index contributed by atoms with van der Waals surface area (Å²) < 4.78 is 0. The van der Waals surface area contributed by atoms with Crippen molar-refractivity contribution in [3.05, 3.63) is 23.9 Å². The number of hydrogen-bond donors (Lipinski definition) is 1. The van der Waals surface area contributed by atoms with Crippen LogP contribution in [0.5, 0.6) is 0 Å². The number of piperazine rings is 1. The van der Waals surface area contributed by atoms with Gasteiger partial charge < -0.3 is 19.8 Å². The highest BCUT2D eigenvalue weighted by Crippen LogP contribution is 2.18. The van der Waals surface area contributed by atoms with Gasteiger partial charge in [-0.3, -0.25) is 4.79 Å². The topological polar surface area (TPSA) is 59.9 Å². The maximum absolute atomic E-state index is 12.4. The summed E-state index contributed by atoms with van der Waals surface area (Å²) in [5.74, 6) is 0.859. The molecular formula is C15H22N4O2. The number of pyridine rings is 1. The van der Waals surface area contributed by atoms with Crippen molar-refractivity contribution >= 4 is 11.7 Å². The Bertz CT molecular complexity index is 514. The number of anilines is 1. The third-order valence-electron chi connectivity index (χ3n) is 4.27. The van der Waals surface area contributed by atoms with E-state index in [0.29, 0.717) is 25.1 Å². The second kappa shape index (κ2) is 5.99. The van der Waals surface area contributed by atoms with Gasteiger partial charge in [-0.25, -0.2) is 4.98 Å². The highest BCUT2D eigenvalue weighted by molar-refractivity contribution is 5.95. The first-order valence-electron chi connectivity index (χ1n) is 7.50. The van der Waals surface area contributed by atoms with Crippen molar-refractivity contribution in [3.8, 4) is 0 Å². The summed E-state index contributed by atoms with van der Waals surface area (Å²) in [5, 5.41) is 9.56. The van der Waals surface area contributed by atoms with Crippen LogP contribution >= 0.6 is 0 Å². The Morgan fingerprint density at radius 1 is 1.29 bits per heavy atom. The van der Waals surface area contributed by atoms with Gasteiger partial charge in [-0.1, -0.05) is 0 Å². The quantitative estimate of drug-likeness (QED) is 0.833. The lowest BCUT2D eigenvalue weighted by Gasteiger charge is -2.33. The minimum absolute atomic E-state index is 0.00988. The van der Waals surface area contributed by atoms with Crippen LogP contribution in [0.3, 0.4) is 0 Å². The van der Waals surface area contributed by atoms with Gasteiger partial charge in [0.1, 0.15) is 5.82 Å². The monoisotopic (exact) mass is 290 g/mol. The van der Waals surface area contributed by atoms with E-state index in [1.807, 2.05) is 6.07 Å². The zero-order valence-corrected chi connectivity index (χ0v) is 12.4. The smallest absolute Gasteiger partial charge is 0.254 e. The van der Waals surface area contributed by atoms with Gasteiger partial charge in [-0.15, -0.1) is 0 Å². The van der Waals surface area contributed by atoms with Gasteiger partial charge in [-0.05, 0) is 25.6 Å². The highest BCUT2D eigenvalue weighted by Gasteiger charge is 2.26. The molecule has 0 unspecified atom stereocenters. The number of likely N-dealkylation sites (tertiary alicyclic amines) is 1. The Morgan fingerprint density at radius 2 is 2.05 bits per heavy atom. The van der Waals surface area contributed by atoms with E-state index in [4.69, 9.17) is 0 Å². The molecule has 1 aromatic heterocycles. The van der Waals surface area contributed by atoms with Gasteiger partial charge in [0, 0.05) is 51.0 Å². The predicted octanol–water partition coefficient (Wildman–Crippen LogP) is 0.0402. The molecule has 0 radical (unpaired) electrons. The van der Waals surface area contributed by atoms with Gasteiger partial charge >= 0.3 is 0 Å². The number of carbonyl (C=O) groups excluding carboxylic acids is 1. The molecule has 2 aliphatic heterocycles. The molecule has 2 fully saturated rings. The van der Waals surface area contributed by atoms with Crippen molar-refractivity contribution in [1.29, 1.82) is 0 Å². The first-order chi connectivity index (χ1) is 10.1. The van der Waals surface area contributed by atoms with Gasteiger partial charge in [0.25, 0.3) is 5.91 Å². The summed E-state index contributed by atoms with van der Waals surface area (Å²) in [4.78, 5) is 23.1. The zero-order valence-electron chi connectivity index (χ0n) is 12.4. The average molecular weight is 290 g/mol. The summed E-state index contributed by atoms with van der Waals surface area (Å²) in [6.45, 7) is 4.96. The number of aromatic nitrogens is 1. The summed E-state index contributed by atoms with van der Waals surface area (Å²) in [7, 11) is 2.11. The fourth-order valence-corrected chi connectivity index (χ4v) is 2.87. The molecule has 1 N–H and O–H groups in total. The van der Waals surface area contributed by atoms with Crippen LogP contribution in [0.4, 0.5) is 5.82 Å². The molecule has 3 heterocycles. The van der Waals surface area contributed by atoms with E-state index < -0.39 is 0 Å². The van der Waals surface area contributed by atoms with Crippen LogP contribution in [-0.2, 0) is 0 Å². The van der Waals surface area contributed by atoms with Crippen LogP contribution in [0.15, 0.2) is 18.3 Å². The second-order valence-corrected chi connectivity index (χ2v) is 5.89. The number of hydrogen-bond acceptors (Lipinski definition) is 5. The van der Waals surface area contributed by atoms with Crippen molar-refractivity contribution in [2.24, 2.45) is 0 Å². The Labute approximate surface area is 125 Å². The molecule has 1 amide bonds. The Kier molecular flexibility index (Phi) is 4.07. The molecule has 3 rings (SSSR count). The fraction of sp³-hybridized carbons (Fsp3) is 0.600. The van der Waals surface area contributed by atoms with Gasteiger partial charge in [0.15, 0.2) is 0 Å². The Balaban J connectivity index is 1.72. The van der Waals surface area contributed by atoms with Crippen LogP contribution in [0.1, 0.15) is 16.8 Å². The molecule has 1 atom stereocenters. The normalized spacial score (nSPS) is 23.6. The first-order valence-corrected chi connectivity index (χ1v) is 7.50. The predicted molar refractivity (Wildman–Crippen MR) is 80.5 cm³/mol. The number of aliphatic hydroxyl groups excluding tert-OH is 1. The summed E-state index contributed by atoms with van der Waals surface area (Å²) >= 11 is 0. The lowest BCUT2D eigenvalue weighted by atomic mass is 10.2. The SMILES string of the molecule is CN1CCN(c2cc(C(=O)N3CC[C@@H](O)C3)ccn2)CC1. The number of rotatable bonds is 2. The molecule has 2 saturated heterocycles. The standard InChI is InChI=1S/C15H22N4O2/c1-17-6-8-18(9-7-17)14-10-12(2-4-16-14)15(21)19-5-3-13(20)11-19/h2,4,10,13,20H,3,5-9,11H2,1H3/t13-/m1/s1. The lowest BCUT2D eigenvalue weighted by Crippen LogP contribution is -2.44. The van der Waals surface area contributed by atoms with E-state index in [1.165, 1.54) is 0 Å². The van der Waals surface area contributed by atoms with Crippen LogP contribution in [0, 0.1) is 0 Å². The number of nitrogens with zero attached hydrogens (tertiary/aromatic N) is 4. The molecule has 2 aliphatic rings. The fourth-order valence-electron chi connectivity index (χ4n) is 2.87. The highest BCUT2D eigenvalue weighted by atomic mass is 16.3. The van der Waals surface area contributed by atoms with E-state index in [9.17, 15) is 9.90 Å². The van der Waals surface area contributed by atoms with E-state index in [0.717, 1.165) is 32.0 Å². The maximum atomic E-state index is 12.4. The first kappa shape index (κ1) is 14.3. The average Bonchev–Trinajstić information content (AvgIpc) is 2.94. The molecule has 1 aromatic rings. The van der Waals surface area contributed by atoms with Crippen LogP contribution in [-0.4, -0.2) is 78.2 Å². The Morgan fingerprint density at radius 3 is 2.71 bits per heavy atom. The van der Waals surface area contributed by atoms with E-state index >= 15 is 0 Å². The number of carbonyl (C=O) groups is 1. The molecular weight excluding hydrogens is 268 g/mol. The Hall–Kier alpha value is -1.66. The van der Waals surface area contributed by atoms with Crippen molar-refractivity contribution in [3.63, 3.8) is 0 Å². The molecule has 0 spiro atoms. The molecule has 0 aromatic carbocycles. The number of aliphatic hydroxyl groups is 1. The van der Waals surface area contributed by atoms with E-state index in [1.54, 1.807) is 17.2 Å². The number of β-amino-alcohol motifs (C(OH)–C–C–N with tert-alkyl or cyclic N) is 1. The van der Waals surface area contributed by atoms with Crippen LogP contribution < -0.4 is 4.90 Å². The van der Waals surface area contributed by atoms with Crippen molar-refractivity contribution < 1.29 is 9.90 Å². The second-order valence-electron chi connectivity index (χ2n) is 5.89. The summed E-state index contributed by atoms with van der Waals surface area (Å²) in [6.07, 6.45) is 1.99. The summed E-state index contributed by atoms with van der Waals surface area (Å²) in [5.41, 5.74) is 0.660.